The molecule has 0 saturated carbocycles. The minimum Gasteiger partial charge on any atom is -0.480 e. The first-order valence-corrected chi connectivity index (χ1v) is 3.61. The average molecular weight is 143 g/mol. The molecule has 1 heterocycles. The predicted molar refractivity (Wildman–Crippen MR) is 37.9 cm³/mol. The third-order valence-electron chi connectivity index (χ3n) is 2.23. The van der Waals surface area contributed by atoms with E-state index in [1.165, 1.54) is 0 Å². The minimum absolute atomic E-state index is 0.302. The third kappa shape index (κ3) is 1.14. The summed E-state index contributed by atoms with van der Waals surface area (Å²) >= 11 is 0. The molecule has 1 rings (SSSR count). The van der Waals surface area contributed by atoms with E-state index < -0.39 is 5.97 Å². The van der Waals surface area contributed by atoms with Crippen LogP contribution in [0.4, 0.5) is 0 Å². The minimum atomic E-state index is -0.716. The molecule has 0 bridgehead atoms. The van der Waals surface area contributed by atoms with Crippen LogP contribution in [0.1, 0.15) is 20.3 Å². The van der Waals surface area contributed by atoms with Gasteiger partial charge >= 0.3 is 5.97 Å². The molecule has 2 unspecified atom stereocenters. The molecule has 2 atom stereocenters. The van der Waals surface area contributed by atoms with Gasteiger partial charge in [0, 0.05) is 12.6 Å². The summed E-state index contributed by atoms with van der Waals surface area (Å²) in [5.74, 6) is -0.716. The Bertz CT molecular complexity index is 147. The standard InChI is InChI=1S/C7H13NO2/c1-5-3-4-8(5)6(2)7(9)10/h5-6H,3-4H2,1-2H3,(H,9,10). The molecule has 1 N–H and O–H groups in total. The second-order valence-corrected chi connectivity index (χ2v) is 2.89. The van der Waals surface area contributed by atoms with E-state index in [-0.39, 0.29) is 6.04 Å². The third-order valence-corrected chi connectivity index (χ3v) is 2.23. The Morgan fingerprint density at radius 1 is 1.80 bits per heavy atom. The zero-order valence-corrected chi connectivity index (χ0v) is 6.37. The fourth-order valence-corrected chi connectivity index (χ4v) is 1.25. The van der Waals surface area contributed by atoms with E-state index in [9.17, 15) is 4.79 Å². The number of carbonyl (C=O) groups is 1. The molecule has 0 radical (unpaired) electrons. The normalized spacial score (nSPS) is 29.2. The van der Waals surface area contributed by atoms with Crippen LogP contribution in [-0.4, -0.2) is 34.6 Å². The van der Waals surface area contributed by atoms with Gasteiger partial charge in [-0.2, -0.15) is 0 Å². The summed E-state index contributed by atoms with van der Waals surface area (Å²) < 4.78 is 0. The van der Waals surface area contributed by atoms with Crippen LogP contribution >= 0.6 is 0 Å². The van der Waals surface area contributed by atoms with Crippen molar-refractivity contribution in [1.29, 1.82) is 0 Å². The Morgan fingerprint density at radius 2 is 2.40 bits per heavy atom. The second kappa shape index (κ2) is 2.58. The smallest absolute Gasteiger partial charge is 0.320 e. The zero-order chi connectivity index (χ0) is 7.72. The Labute approximate surface area is 60.6 Å². The maximum absolute atomic E-state index is 10.4. The van der Waals surface area contributed by atoms with Gasteiger partial charge in [0.1, 0.15) is 6.04 Å². The quantitative estimate of drug-likeness (QED) is 0.613. The maximum Gasteiger partial charge on any atom is 0.320 e. The van der Waals surface area contributed by atoms with Crippen molar-refractivity contribution >= 4 is 5.97 Å². The molecule has 1 saturated heterocycles. The van der Waals surface area contributed by atoms with Crippen LogP contribution in [0, 0.1) is 0 Å². The van der Waals surface area contributed by atoms with Crippen LogP contribution in [0.25, 0.3) is 0 Å². The molecule has 0 spiro atoms. The summed E-state index contributed by atoms with van der Waals surface area (Å²) in [5.41, 5.74) is 0. The van der Waals surface area contributed by atoms with Crippen LogP contribution in [0.15, 0.2) is 0 Å². The van der Waals surface area contributed by atoms with E-state index in [4.69, 9.17) is 5.11 Å². The monoisotopic (exact) mass is 143 g/mol. The van der Waals surface area contributed by atoms with Crippen molar-refractivity contribution in [3.63, 3.8) is 0 Å². The molecular weight excluding hydrogens is 130 g/mol. The van der Waals surface area contributed by atoms with Crippen molar-refractivity contribution in [3.05, 3.63) is 0 Å². The van der Waals surface area contributed by atoms with Crippen molar-refractivity contribution in [2.24, 2.45) is 0 Å². The van der Waals surface area contributed by atoms with Crippen molar-refractivity contribution in [2.75, 3.05) is 6.54 Å². The number of aliphatic carboxylic acids is 1. The van der Waals surface area contributed by atoms with E-state index in [1.54, 1.807) is 6.92 Å². The number of nitrogens with zero attached hydrogens (tertiary/aromatic N) is 1. The van der Waals surface area contributed by atoms with Crippen molar-refractivity contribution in [3.8, 4) is 0 Å². The highest BCUT2D eigenvalue weighted by Crippen LogP contribution is 2.19. The molecule has 3 nitrogen and oxygen atoms in total. The molecule has 0 aromatic rings. The SMILES string of the molecule is CC1CCN1C(C)C(=O)O. The summed E-state index contributed by atoms with van der Waals surface area (Å²) in [6.45, 7) is 4.73. The molecule has 1 fully saturated rings. The molecular formula is C7H13NO2. The van der Waals surface area contributed by atoms with E-state index >= 15 is 0 Å². The molecule has 3 heteroatoms. The number of hydrogen-bond acceptors (Lipinski definition) is 2. The molecule has 0 amide bonds. The highest BCUT2D eigenvalue weighted by atomic mass is 16.4. The lowest BCUT2D eigenvalue weighted by molar-refractivity contribution is -0.145. The van der Waals surface area contributed by atoms with Crippen molar-refractivity contribution in [1.82, 2.24) is 4.90 Å². The molecule has 0 aliphatic carbocycles. The number of rotatable bonds is 2. The fourth-order valence-electron chi connectivity index (χ4n) is 1.25. The van der Waals surface area contributed by atoms with Gasteiger partial charge in [-0.3, -0.25) is 9.69 Å². The van der Waals surface area contributed by atoms with E-state index in [2.05, 4.69) is 6.92 Å². The van der Waals surface area contributed by atoms with Crippen LogP contribution in [0.5, 0.6) is 0 Å². The topological polar surface area (TPSA) is 40.5 Å². The van der Waals surface area contributed by atoms with Crippen LogP contribution in [-0.2, 0) is 4.79 Å². The lowest BCUT2D eigenvalue weighted by Gasteiger charge is -2.41. The highest BCUT2D eigenvalue weighted by Gasteiger charge is 2.31. The Morgan fingerprint density at radius 3 is 2.50 bits per heavy atom. The van der Waals surface area contributed by atoms with Crippen LogP contribution in [0.2, 0.25) is 0 Å². The first kappa shape index (κ1) is 7.54. The van der Waals surface area contributed by atoms with Crippen molar-refractivity contribution < 1.29 is 9.90 Å². The van der Waals surface area contributed by atoms with Gasteiger partial charge in [-0.05, 0) is 20.3 Å². The average Bonchev–Trinajstić information content (AvgIpc) is 1.84. The number of carboxylic acids is 1. The molecule has 1 aliphatic heterocycles. The van der Waals surface area contributed by atoms with Crippen LogP contribution < -0.4 is 0 Å². The van der Waals surface area contributed by atoms with E-state index in [0.29, 0.717) is 6.04 Å². The molecule has 1 aliphatic rings. The van der Waals surface area contributed by atoms with Gasteiger partial charge in [0.15, 0.2) is 0 Å². The van der Waals surface area contributed by atoms with Gasteiger partial charge in [-0.25, -0.2) is 0 Å². The van der Waals surface area contributed by atoms with Crippen LogP contribution in [0.3, 0.4) is 0 Å². The summed E-state index contributed by atoms with van der Waals surface area (Å²) in [6.07, 6.45) is 1.14. The lowest BCUT2D eigenvalue weighted by Crippen LogP contribution is -2.53. The first-order valence-electron chi connectivity index (χ1n) is 3.61. The van der Waals surface area contributed by atoms with Gasteiger partial charge in [0.25, 0.3) is 0 Å². The molecule has 0 aromatic heterocycles. The molecule has 10 heavy (non-hydrogen) atoms. The van der Waals surface area contributed by atoms with Gasteiger partial charge in [0.2, 0.25) is 0 Å². The van der Waals surface area contributed by atoms with Gasteiger partial charge in [-0.15, -0.1) is 0 Å². The van der Waals surface area contributed by atoms with E-state index in [1.807, 2.05) is 4.90 Å². The highest BCUT2D eigenvalue weighted by molar-refractivity contribution is 5.73. The molecule has 58 valence electrons. The second-order valence-electron chi connectivity index (χ2n) is 2.89. The maximum atomic E-state index is 10.4. The lowest BCUT2D eigenvalue weighted by atomic mass is 10.0. The fraction of sp³-hybridized carbons (Fsp3) is 0.857. The predicted octanol–water partition coefficient (Wildman–Crippen LogP) is 0.554. The number of hydrogen-bond donors (Lipinski definition) is 1. The van der Waals surface area contributed by atoms with E-state index in [0.717, 1.165) is 13.0 Å². The Kier molecular flexibility index (Phi) is 1.94. The van der Waals surface area contributed by atoms with Gasteiger partial charge in [0.05, 0.1) is 0 Å². The summed E-state index contributed by atoms with van der Waals surface area (Å²) in [6, 6.07) is 0.162. The Balaban J connectivity index is 2.41. The Hall–Kier alpha value is -0.570. The summed E-state index contributed by atoms with van der Waals surface area (Å²) in [4.78, 5) is 12.4. The summed E-state index contributed by atoms with van der Waals surface area (Å²) in [7, 11) is 0. The van der Waals surface area contributed by atoms with Gasteiger partial charge in [-0.1, -0.05) is 0 Å². The summed E-state index contributed by atoms with van der Waals surface area (Å²) in [5, 5.41) is 8.59. The number of likely N-dealkylation sites (tertiary alicyclic amines) is 1. The largest absolute Gasteiger partial charge is 0.480 e. The first-order chi connectivity index (χ1) is 4.63. The molecule has 0 aromatic carbocycles. The van der Waals surface area contributed by atoms with Crippen molar-refractivity contribution in [2.45, 2.75) is 32.4 Å². The number of carboxylic acid groups (broad SMARTS) is 1. The zero-order valence-electron chi connectivity index (χ0n) is 6.37. The van der Waals surface area contributed by atoms with Gasteiger partial charge < -0.3 is 5.11 Å².